The van der Waals surface area contributed by atoms with Gasteiger partial charge < -0.3 is 20.2 Å². The Morgan fingerprint density at radius 1 is 1.30 bits per heavy atom. The minimum absolute atomic E-state index is 0.158. The highest BCUT2D eigenvalue weighted by Crippen LogP contribution is 2.14. The van der Waals surface area contributed by atoms with Crippen LogP contribution in [0.4, 0.5) is 0 Å². The summed E-state index contributed by atoms with van der Waals surface area (Å²) in [6, 6.07) is 6.07. The molecular formula is C15H17N2O3-. The number of aromatic amines is 1. The average Bonchev–Trinajstić information content (AvgIpc) is 2.84. The van der Waals surface area contributed by atoms with Crippen LogP contribution in [0.1, 0.15) is 30.6 Å². The van der Waals surface area contributed by atoms with Crippen LogP contribution in [0.3, 0.4) is 0 Å². The van der Waals surface area contributed by atoms with E-state index in [1.807, 2.05) is 19.9 Å². The van der Waals surface area contributed by atoms with Gasteiger partial charge in [0, 0.05) is 22.7 Å². The lowest BCUT2D eigenvalue weighted by Gasteiger charge is -2.21. The number of aliphatic carboxylic acids is 1. The second kappa shape index (κ2) is 5.77. The second-order valence-corrected chi connectivity index (χ2v) is 5.25. The number of carbonyl (C=O) groups excluding carboxylic acids is 2. The Hall–Kier alpha value is -2.30. The summed E-state index contributed by atoms with van der Waals surface area (Å²) in [5, 5.41) is 14.5. The van der Waals surface area contributed by atoms with E-state index in [9.17, 15) is 14.7 Å². The van der Waals surface area contributed by atoms with Crippen molar-refractivity contribution in [1.82, 2.24) is 10.3 Å². The van der Waals surface area contributed by atoms with Crippen LogP contribution in [0, 0.1) is 5.92 Å². The van der Waals surface area contributed by atoms with Crippen molar-refractivity contribution >= 4 is 22.8 Å². The van der Waals surface area contributed by atoms with E-state index in [-0.39, 0.29) is 5.92 Å². The summed E-state index contributed by atoms with van der Waals surface area (Å²) in [6.07, 6.45) is 2.13. The van der Waals surface area contributed by atoms with E-state index in [1.54, 1.807) is 24.4 Å². The van der Waals surface area contributed by atoms with Gasteiger partial charge in [0.15, 0.2) is 0 Å². The minimum atomic E-state index is -1.25. The third-order valence-electron chi connectivity index (χ3n) is 3.11. The van der Waals surface area contributed by atoms with E-state index in [0.29, 0.717) is 12.0 Å². The first-order chi connectivity index (χ1) is 9.47. The zero-order valence-corrected chi connectivity index (χ0v) is 11.5. The molecule has 0 aliphatic rings. The summed E-state index contributed by atoms with van der Waals surface area (Å²) >= 11 is 0. The topological polar surface area (TPSA) is 85.0 Å². The largest absolute Gasteiger partial charge is 0.548 e. The fourth-order valence-electron chi connectivity index (χ4n) is 2.12. The maximum Gasteiger partial charge on any atom is 0.251 e. The molecule has 0 saturated carbocycles. The Morgan fingerprint density at radius 2 is 2.05 bits per heavy atom. The molecule has 1 aromatic carbocycles. The number of fused-ring (bicyclic) bond motifs is 1. The fraction of sp³-hybridized carbons (Fsp3) is 0.333. The van der Waals surface area contributed by atoms with Crippen molar-refractivity contribution in [3.63, 3.8) is 0 Å². The maximum absolute atomic E-state index is 12.1. The van der Waals surface area contributed by atoms with Crippen molar-refractivity contribution in [2.75, 3.05) is 0 Å². The van der Waals surface area contributed by atoms with Gasteiger partial charge >= 0.3 is 0 Å². The van der Waals surface area contributed by atoms with Gasteiger partial charge in [0.25, 0.3) is 5.91 Å². The first-order valence-corrected chi connectivity index (χ1v) is 6.56. The lowest BCUT2D eigenvalue weighted by atomic mass is 10.0. The number of carboxylic acids is 1. The number of aromatic nitrogens is 1. The molecule has 1 aromatic heterocycles. The van der Waals surface area contributed by atoms with Gasteiger partial charge in [0.1, 0.15) is 0 Å². The van der Waals surface area contributed by atoms with E-state index in [2.05, 4.69) is 10.3 Å². The molecule has 0 bridgehead atoms. The number of rotatable bonds is 5. The zero-order chi connectivity index (χ0) is 14.7. The van der Waals surface area contributed by atoms with Gasteiger partial charge in [0.2, 0.25) is 0 Å². The highest BCUT2D eigenvalue weighted by molar-refractivity contribution is 5.99. The molecule has 1 atom stereocenters. The average molecular weight is 273 g/mol. The van der Waals surface area contributed by atoms with Gasteiger partial charge in [0.05, 0.1) is 12.0 Å². The Bertz CT molecular complexity index is 631. The predicted octanol–water partition coefficient (Wildman–Crippen LogP) is 1.06. The normalized spacial score (nSPS) is 12.6. The van der Waals surface area contributed by atoms with Crippen LogP contribution in [-0.2, 0) is 4.79 Å². The maximum atomic E-state index is 12.1. The molecule has 20 heavy (non-hydrogen) atoms. The zero-order valence-electron chi connectivity index (χ0n) is 11.5. The molecule has 0 aliphatic heterocycles. The number of benzene rings is 1. The molecule has 2 N–H and O–H groups in total. The van der Waals surface area contributed by atoms with Gasteiger partial charge in [-0.3, -0.25) is 4.79 Å². The summed E-state index contributed by atoms with van der Waals surface area (Å²) in [5.74, 6) is -1.50. The summed E-state index contributed by atoms with van der Waals surface area (Å²) in [5.41, 5.74) is 1.37. The molecule has 1 heterocycles. The van der Waals surface area contributed by atoms with Gasteiger partial charge in [-0.1, -0.05) is 13.8 Å². The molecule has 2 rings (SSSR count). The number of hydrogen-bond acceptors (Lipinski definition) is 3. The first-order valence-electron chi connectivity index (χ1n) is 6.56. The lowest BCUT2D eigenvalue weighted by molar-refractivity contribution is -0.308. The summed E-state index contributed by atoms with van der Waals surface area (Å²) < 4.78 is 0. The van der Waals surface area contributed by atoms with E-state index >= 15 is 0 Å². The van der Waals surface area contributed by atoms with Gasteiger partial charge in [-0.2, -0.15) is 0 Å². The van der Waals surface area contributed by atoms with Crippen molar-refractivity contribution in [1.29, 1.82) is 0 Å². The molecule has 0 radical (unpaired) electrons. The Morgan fingerprint density at radius 3 is 2.70 bits per heavy atom. The Labute approximate surface area is 117 Å². The monoisotopic (exact) mass is 273 g/mol. The van der Waals surface area contributed by atoms with Gasteiger partial charge in [-0.25, -0.2) is 0 Å². The Kier molecular flexibility index (Phi) is 4.08. The predicted molar refractivity (Wildman–Crippen MR) is 74.0 cm³/mol. The molecule has 1 amide bonds. The molecule has 106 valence electrons. The van der Waals surface area contributed by atoms with Crippen LogP contribution in [0.2, 0.25) is 0 Å². The summed E-state index contributed by atoms with van der Waals surface area (Å²) in [7, 11) is 0. The third kappa shape index (κ3) is 3.17. The summed E-state index contributed by atoms with van der Waals surface area (Å²) in [4.78, 5) is 26.2. The standard InChI is InChI=1S/C15H18N2O3/c1-9(2)7-13(15(19)20)17-14(18)11-3-4-12-10(8-11)5-6-16-12/h3-6,8-9,13,16H,7H2,1-2H3,(H,17,18)(H,19,20)/p-1/t13-/m0/s1. The smallest absolute Gasteiger partial charge is 0.251 e. The third-order valence-corrected chi connectivity index (χ3v) is 3.11. The first kappa shape index (κ1) is 14.1. The molecular weight excluding hydrogens is 256 g/mol. The molecule has 0 spiro atoms. The molecule has 0 fully saturated rings. The Balaban J connectivity index is 2.15. The molecule has 0 unspecified atom stereocenters. The van der Waals surface area contributed by atoms with E-state index < -0.39 is 17.9 Å². The van der Waals surface area contributed by atoms with Crippen molar-refractivity contribution in [3.8, 4) is 0 Å². The van der Waals surface area contributed by atoms with E-state index in [1.165, 1.54) is 0 Å². The van der Waals surface area contributed by atoms with Crippen LogP contribution in [0.25, 0.3) is 10.9 Å². The molecule has 0 saturated heterocycles. The minimum Gasteiger partial charge on any atom is -0.548 e. The quantitative estimate of drug-likeness (QED) is 0.854. The van der Waals surface area contributed by atoms with Gasteiger partial charge in [-0.05, 0) is 36.6 Å². The molecule has 5 nitrogen and oxygen atoms in total. The number of carbonyl (C=O) groups is 2. The number of hydrogen-bond donors (Lipinski definition) is 2. The van der Waals surface area contributed by atoms with E-state index in [4.69, 9.17) is 0 Å². The SMILES string of the molecule is CC(C)C[C@H](NC(=O)c1ccc2[nH]ccc2c1)C(=O)[O-]. The summed E-state index contributed by atoms with van der Waals surface area (Å²) in [6.45, 7) is 3.79. The molecule has 0 aliphatic carbocycles. The number of carboxylic acid groups (broad SMARTS) is 1. The van der Waals surface area contributed by atoms with Crippen LogP contribution in [0.15, 0.2) is 30.5 Å². The fourth-order valence-corrected chi connectivity index (χ4v) is 2.12. The number of nitrogens with one attached hydrogen (secondary N) is 2. The van der Waals surface area contributed by atoms with Crippen molar-refractivity contribution in [2.24, 2.45) is 5.92 Å². The molecule has 2 aromatic rings. The van der Waals surface area contributed by atoms with Crippen molar-refractivity contribution < 1.29 is 14.7 Å². The van der Waals surface area contributed by atoms with E-state index in [0.717, 1.165) is 10.9 Å². The van der Waals surface area contributed by atoms with Crippen molar-refractivity contribution in [3.05, 3.63) is 36.0 Å². The van der Waals surface area contributed by atoms with Crippen LogP contribution in [0.5, 0.6) is 0 Å². The van der Waals surface area contributed by atoms with Gasteiger partial charge in [-0.15, -0.1) is 0 Å². The second-order valence-electron chi connectivity index (χ2n) is 5.25. The highest BCUT2D eigenvalue weighted by Gasteiger charge is 2.16. The van der Waals surface area contributed by atoms with Crippen LogP contribution in [-0.4, -0.2) is 22.9 Å². The van der Waals surface area contributed by atoms with Crippen LogP contribution >= 0.6 is 0 Å². The number of H-pyrrole nitrogens is 1. The lowest BCUT2D eigenvalue weighted by Crippen LogP contribution is -2.48. The number of amides is 1. The highest BCUT2D eigenvalue weighted by atomic mass is 16.4. The van der Waals surface area contributed by atoms with Crippen molar-refractivity contribution in [2.45, 2.75) is 26.3 Å². The van der Waals surface area contributed by atoms with Crippen LogP contribution < -0.4 is 10.4 Å². The molecule has 5 heteroatoms.